The zero-order valence-electron chi connectivity index (χ0n) is 9.58. The van der Waals surface area contributed by atoms with E-state index in [4.69, 9.17) is 0 Å². The number of rotatable bonds is 2. The van der Waals surface area contributed by atoms with E-state index in [1.165, 1.54) is 25.7 Å². The maximum absolute atomic E-state index is 12.0. The summed E-state index contributed by atoms with van der Waals surface area (Å²) in [6.07, 6.45) is 6.39. The standard InChI is InChI=1S/C12H20N2O.ClH/c15-12(14-8-5-6-13-7-8)11-9-3-1-2-4-10(9)11;/h8-11,13H,1-7H2,(H,14,15);1H. The topological polar surface area (TPSA) is 41.1 Å². The molecule has 4 heteroatoms. The monoisotopic (exact) mass is 244 g/mol. The zero-order valence-corrected chi connectivity index (χ0v) is 10.4. The molecule has 0 radical (unpaired) electrons. The summed E-state index contributed by atoms with van der Waals surface area (Å²) in [7, 11) is 0. The van der Waals surface area contributed by atoms with Crippen LogP contribution in [0.2, 0.25) is 0 Å². The molecule has 3 aliphatic rings. The molecule has 16 heavy (non-hydrogen) atoms. The van der Waals surface area contributed by atoms with Gasteiger partial charge in [-0.05, 0) is 37.6 Å². The van der Waals surface area contributed by atoms with Gasteiger partial charge in [0.25, 0.3) is 0 Å². The number of amides is 1. The molecule has 1 heterocycles. The van der Waals surface area contributed by atoms with Crippen molar-refractivity contribution in [3.63, 3.8) is 0 Å². The molecule has 2 N–H and O–H groups in total. The first-order valence-corrected chi connectivity index (χ1v) is 6.37. The van der Waals surface area contributed by atoms with Crippen LogP contribution in [-0.2, 0) is 4.79 Å². The lowest BCUT2D eigenvalue weighted by Gasteiger charge is -2.10. The summed E-state index contributed by atoms with van der Waals surface area (Å²) in [5, 5.41) is 6.48. The largest absolute Gasteiger partial charge is 0.352 e. The van der Waals surface area contributed by atoms with Crippen molar-refractivity contribution in [1.82, 2.24) is 10.6 Å². The molecule has 3 atom stereocenters. The first kappa shape index (κ1) is 12.2. The number of hydrogen-bond acceptors (Lipinski definition) is 2. The van der Waals surface area contributed by atoms with Crippen molar-refractivity contribution in [3.05, 3.63) is 0 Å². The van der Waals surface area contributed by atoms with Crippen molar-refractivity contribution in [3.8, 4) is 0 Å². The second-order valence-electron chi connectivity index (χ2n) is 5.34. The minimum atomic E-state index is 0. The molecular formula is C12H21ClN2O. The lowest BCUT2D eigenvalue weighted by atomic mass is 10.0. The summed E-state index contributed by atoms with van der Waals surface area (Å²) < 4.78 is 0. The summed E-state index contributed by atoms with van der Waals surface area (Å²) >= 11 is 0. The van der Waals surface area contributed by atoms with Gasteiger partial charge in [0.15, 0.2) is 0 Å². The molecule has 3 unspecified atom stereocenters. The third-order valence-corrected chi connectivity index (χ3v) is 4.37. The summed E-state index contributed by atoms with van der Waals surface area (Å²) in [5.41, 5.74) is 0. The van der Waals surface area contributed by atoms with Crippen molar-refractivity contribution in [2.24, 2.45) is 17.8 Å². The third-order valence-electron chi connectivity index (χ3n) is 4.37. The number of carbonyl (C=O) groups is 1. The normalized spacial score (nSPS) is 40.8. The van der Waals surface area contributed by atoms with Crippen LogP contribution >= 0.6 is 12.4 Å². The van der Waals surface area contributed by atoms with Gasteiger partial charge in [-0.2, -0.15) is 0 Å². The number of nitrogens with one attached hydrogen (secondary N) is 2. The van der Waals surface area contributed by atoms with Crippen LogP contribution in [0.25, 0.3) is 0 Å². The van der Waals surface area contributed by atoms with Gasteiger partial charge in [-0.25, -0.2) is 0 Å². The maximum Gasteiger partial charge on any atom is 0.223 e. The van der Waals surface area contributed by atoms with Crippen molar-refractivity contribution < 1.29 is 4.79 Å². The average molecular weight is 245 g/mol. The fourth-order valence-electron chi connectivity index (χ4n) is 3.46. The van der Waals surface area contributed by atoms with Gasteiger partial charge in [0.2, 0.25) is 5.91 Å². The van der Waals surface area contributed by atoms with E-state index in [0.29, 0.717) is 17.9 Å². The lowest BCUT2D eigenvalue weighted by Crippen LogP contribution is -2.37. The van der Waals surface area contributed by atoms with Crippen LogP contribution < -0.4 is 10.6 Å². The molecule has 92 valence electrons. The Bertz CT molecular complexity index is 254. The van der Waals surface area contributed by atoms with E-state index in [1.54, 1.807) is 0 Å². The van der Waals surface area contributed by atoms with Crippen molar-refractivity contribution in [2.75, 3.05) is 13.1 Å². The van der Waals surface area contributed by atoms with Gasteiger partial charge >= 0.3 is 0 Å². The van der Waals surface area contributed by atoms with E-state index >= 15 is 0 Å². The highest BCUT2D eigenvalue weighted by Crippen LogP contribution is 2.55. The molecule has 1 aliphatic heterocycles. The van der Waals surface area contributed by atoms with Crippen LogP contribution in [0, 0.1) is 17.8 Å². The molecular weight excluding hydrogens is 224 g/mol. The van der Waals surface area contributed by atoms with Crippen molar-refractivity contribution >= 4 is 18.3 Å². The Labute approximate surface area is 103 Å². The van der Waals surface area contributed by atoms with E-state index in [1.807, 2.05) is 0 Å². The predicted octanol–water partition coefficient (Wildman–Crippen LogP) is 1.32. The highest BCUT2D eigenvalue weighted by Gasteiger charge is 2.54. The SMILES string of the molecule is Cl.O=C(NC1CCNC1)C1C2CCCCC21. The molecule has 1 saturated heterocycles. The first-order valence-electron chi connectivity index (χ1n) is 6.37. The number of carbonyl (C=O) groups excluding carboxylic acids is 1. The van der Waals surface area contributed by atoms with Gasteiger partial charge in [0, 0.05) is 18.5 Å². The van der Waals surface area contributed by atoms with Crippen molar-refractivity contribution in [2.45, 2.75) is 38.1 Å². The van der Waals surface area contributed by atoms with Gasteiger partial charge in [0.05, 0.1) is 0 Å². The summed E-state index contributed by atoms with van der Waals surface area (Å²) in [5.74, 6) is 2.22. The minimum absolute atomic E-state index is 0. The Balaban J connectivity index is 0.000000963. The number of fused-ring (bicyclic) bond motifs is 1. The van der Waals surface area contributed by atoms with E-state index in [0.717, 1.165) is 31.3 Å². The molecule has 3 fully saturated rings. The second-order valence-corrected chi connectivity index (χ2v) is 5.34. The number of hydrogen-bond donors (Lipinski definition) is 2. The van der Waals surface area contributed by atoms with Crippen LogP contribution in [-0.4, -0.2) is 25.0 Å². The molecule has 3 rings (SSSR count). The molecule has 0 aromatic carbocycles. The fourth-order valence-corrected chi connectivity index (χ4v) is 3.46. The van der Waals surface area contributed by atoms with Gasteiger partial charge in [-0.3, -0.25) is 4.79 Å². The second kappa shape index (κ2) is 4.92. The van der Waals surface area contributed by atoms with E-state index in [2.05, 4.69) is 10.6 Å². The third kappa shape index (κ3) is 2.21. The summed E-state index contributed by atoms with van der Waals surface area (Å²) in [4.78, 5) is 12.0. The van der Waals surface area contributed by atoms with E-state index in [-0.39, 0.29) is 12.4 Å². The molecule has 3 nitrogen and oxygen atoms in total. The zero-order chi connectivity index (χ0) is 10.3. The van der Waals surface area contributed by atoms with Crippen LogP contribution in [0.1, 0.15) is 32.1 Å². The molecule has 2 saturated carbocycles. The highest BCUT2D eigenvalue weighted by molar-refractivity contribution is 5.85. The molecule has 2 aliphatic carbocycles. The fraction of sp³-hybridized carbons (Fsp3) is 0.917. The molecule has 1 amide bonds. The first-order chi connectivity index (χ1) is 7.36. The summed E-state index contributed by atoms with van der Waals surface area (Å²) in [6.45, 7) is 2.02. The Hall–Kier alpha value is -0.280. The maximum atomic E-state index is 12.0. The average Bonchev–Trinajstić information content (AvgIpc) is 2.77. The van der Waals surface area contributed by atoms with E-state index in [9.17, 15) is 4.79 Å². The van der Waals surface area contributed by atoms with Crippen LogP contribution in [0.15, 0.2) is 0 Å². The Morgan fingerprint density at radius 1 is 1.12 bits per heavy atom. The molecule has 0 aromatic heterocycles. The van der Waals surface area contributed by atoms with Gasteiger partial charge < -0.3 is 10.6 Å². The molecule has 0 aromatic rings. The Kier molecular flexibility index (Phi) is 3.75. The smallest absolute Gasteiger partial charge is 0.223 e. The Morgan fingerprint density at radius 2 is 1.81 bits per heavy atom. The van der Waals surface area contributed by atoms with Crippen LogP contribution in [0.4, 0.5) is 0 Å². The number of halogens is 1. The van der Waals surface area contributed by atoms with Crippen molar-refractivity contribution in [1.29, 1.82) is 0 Å². The minimum Gasteiger partial charge on any atom is -0.352 e. The summed E-state index contributed by atoms with van der Waals surface area (Å²) in [6, 6.07) is 0.403. The predicted molar refractivity (Wildman–Crippen MR) is 65.6 cm³/mol. The quantitative estimate of drug-likeness (QED) is 0.770. The van der Waals surface area contributed by atoms with Crippen LogP contribution in [0.5, 0.6) is 0 Å². The molecule has 0 bridgehead atoms. The van der Waals surface area contributed by atoms with E-state index < -0.39 is 0 Å². The van der Waals surface area contributed by atoms with Gasteiger partial charge in [-0.15, -0.1) is 12.4 Å². The Morgan fingerprint density at radius 3 is 2.38 bits per heavy atom. The molecule has 0 spiro atoms. The lowest BCUT2D eigenvalue weighted by molar-refractivity contribution is -0.123. The highest BCUT2D eigenvalue weighted by atomic mass is 35.5. The van der Waals surface area contributed by atoms with Gasteiger partial charge in [0.1, 0.15) is 0 Å². The van der Waals surface area contributed by atoms with Crippen LogP contribution in [0.3, 0.4) is 0 Å². The van der Waals surface area contributed by atoms with Gasteiger partial charge in [-0.1, -0.05) is 12.8 Å².